The van der Waals surface area contributed by atoms with E-state index in [1.165, 1.54) is 6.26 Å². The molecule has 0 saturated heterocycles. The van der Waals surface area contributed by atoms with Crippen molar-refractivity contribution in [3.05, 3.63) is 0 Å². The molecule has 0 aromatic carbocycles. The van der Waals surface area contributed by atoms with Crippen molar-refractivity contribution in [2.45, 2.75) is 13.3 Å². The summed E-state index contributed by atoms with van der Waals surface area (Å²) in [7, 11) is -0.921. The van der Waals surface area contributed by atoms with Crippen LogP contribution in [-0.4, -0.2) is 58.6 Å². The van der Waals surface area contributed by atoms with Gasteiger partial charge in [0.15, 0.2) is 0 Å². The van der Waals surface area contributed by atoms with Crippen LogP contribution in [0.4, 0.5) is 0 Å². The molecular weight excluding hydrogens is 200 g/mol. The molecule has 4 nitrogen and oxygen atoms in total. The highest BCUT2D eigenvalue weighted by molar-refractivity contribution is 7.90. The van der Waals surface area contributed by atoms with Crippen molar-refractivity contribution >= 4 is 9.84 Å². The van der Waals surface area contributed by atoms with Gasteiger partial charge in [-0.2, -0.15) is 0 Å². The molecule has 0 amide bonds. The van der Waals surface area contributed by atoms with Gasteiger partial charge in [-0.1, -0.05) is 6.92 Å². The average Bonchev–Trinajstić information content (AvgIpc) is 2.08. The number of hydrogen-bond acceptors (Lipinski definition) is 4. The zero-order valence-electron chi connectivity index (χ0n) is 9.41. The smallest absolute Gasteiger partial charge is 0.148 e. The molecule has 0 fully saturated rings. The normalized spacial score (nSPS) is 12.3. The van der Waals surface area contributed by atoms with Crippen LogP contribution in [0.2, 0.25) is 0 Å². The van der Waals surface area contributed by atoms with Gasteiger partial charge >= 0.3 is 0 Å². The Morgan fingerprint density at radius 2 is 1.86 bits per heavy atom. The summed E-state index contributed by atoms with van der Waals surface area (Å²) in [5.41, 5.74) is 0. The second-order valence-corrected chi connectivity index (χ2v) is 5.83. The van der Waals surface area contributed by atoms with E-state index in [-0.39, 0.29) is 5.75 Å². The molecule has 0 aliphatic heterocycles. The average molecular weight is 222 g/mol. The lowest BCUT2D eigenvalue weighted by atomic mass is 10.4. The molecular formula is C9H22N2O2S. The molecule has 14 heavy (non-hydrogen) atoms. The molecule has 0 aliphatic carbocycles. The lowest BCUT2D eigenvalue weighted by Crippen LogP contribution is -2.35. The fourth-order valence-electron chi connectivity index (χ4n) is 1.22. The monoisotopic (exact) mass is 222 g/mol. The van der Waals surface area contributed by atoms with Crippen LogP contribution in [0.15, 0.2) is 0 Å². The Balaban J connectivity index is 3.84. The van der Waals surface area contributed by atoms with Gasteiger partial charge in [-0.15, -0.1) is 0 Å². The highest BCUT2D eigenvalue weighted by atomic mass is 32.2. The summed E-state index contributed by atoms with van der Waals surface area (Å²) in [6.07, 6.45) is 2.35. The van der Waals surface area contributed by atoms with Crippen LogP contribution in [0.1, 0.15) is 13.3 Å². The quantitative estimate of drug-likeness (QED) is 0.626. The third-order valence-electron chi connectivity index (χ3n) is 2.00. The standard InChI is InChI=1S/C9H22N2O2S/c1-4-6-11(7-5-10-2)8-9-14(3,12)13/h10H,4-9H2,1-3H3. The second-order valence-electron chi connectivity index (χ2n) is 3.58. The van der Waals surface area contributed by atoms with E-state index >= 15 is 0 Å². The molecule has 5 heteroatoms. The van der Waals surface area contributed by atoms with Crippen LogP contribution < -0.4 is 5.32 Å². The third-order valence-corrected chi connectivity index (χ3v) is 2.92. The van der Waals surface area contributed by atoms with Crippen LogP contribution in [0.3, 0.4) is 0 Å². The SMILES string of the molecule is CCCN(CCNC)CCS(C)(=O)=O. The number of rotatable bonds is 8. The van der Waals surface area contributed by atoms with Crippen molar-refractivity contribution in [2.75, 3.05) is 45.2 Å². The molecule has 0 bridgehead atoms. The van der Waals surface area contributed by atoms with E-state index in [2.05, 4.69) is 17.1 Å². The largest absolute Gasteiger partial charge is 0.318 e. The van der Waals surface area contributed by atoms with Crippen LogP contribution in [0, 0.1) is 0 Å². The van der Waals surface area contributed by atoms with Gasteiger partial charge in [0.25, 0.3) is 0 Å². The first-order valence-electron chi connectivity index (χ1n) is 5.04. The molecule has 1 N–H and O–H groups in total. The van der Waals surface area contributed by atoms with Crippen LogP contribution >= 0.6 is 0 Å². The molecule has 0 unspecified atom stereocenters. The lowest BCUT2D eigenvalue weighted by Gasteiger charge is -2.20. The number of likely N-dealkylation sites (N-methyl/N-ethyl adjacent to an activating group) is 1. The predicted octanol–water partition coefficient (Wildman–Crippen LogP) is -0.0376. The van der Waals surface area contributed by atoms with Crippen molar-refractivity contribution in [3.8, 4) is 0 Å². The molecule has 0 heterocycles. The lowest BCUT2D eigenvalue weighted by molar-refractivity contribution is 0.291. The second kappa shape index (κ2) is 7.20. The highest BCUT2D eigenvalue weighted by Crippen LogP contribution is 1.93. The molecule has 0 aliphatic rings. The van der Waals surface area contributed by atoms with Gasteiger partial charge in [0.05, 0.1) is 5.75 Å². The van der Waals surface area contributed by atoms with Crippen molar-refractivity contribution in [2.24, 2.45) is 0 Å². The molecule has 0 atom stereocenters. The molecule has 0 aromatic heterocycles. The van der Waals surface area contributed by atoms with Crippen molar-refractivity contribution in [1.29, 1.82) is 0 Å². The van der Waals surface area contributed by atoms with Gasteiger partial charge in [0.2, 0.25) is 0 Å². The molecule has 0 radical (unpaired) electrons. The first-order chi connectivity index (χ1) is 6.49. The number of hydrogen-bond donors (Lipinski definition) is 1. The zero-order valence-corrected chi connectivity index (χ0v) is 10.2. The first-order valence-corrected chi connectivity index (χ1v) is 7.10. The van der Waals surface area contributed by atoms with Crippen LogP contribution in [0.5, 0.6) is 0 Å². The number of nitrogens with one attached hydrogen (secondary N) is 1. The van der Waals surface area contributed by atoms with E-state index < -0.39 is 9.84 Å². The molecule has 86 valence electrons. The van der Waals surface area contributed by atoms with Gasteiger partial charge < -0.3 is 10.2 Å². The van der Waals surface area contributed by atoms with Crippen LogP contribution in [-0.2, 0) is 9.84 Å². The van der Waals surface area contributed by atoms with Gasteiger partial charge in [0, 0.05) is 25.9 Å². The maximum atomic E-state index is 11.0. The van der Waals surface area contributed by atoms with E-state index in [9.17, 15) is 8.42 Å². The van der Waals surface area contributed by atoms with E-state index in [0.29, 0.717) is 6.54 Å². The number of sulfone groups is 1. The van der Waals surface area contributed by atoms with E-state index in [1.807, 2.05) is 7.05 Å². The Bertz CT molecular complexity index is 227. The maximum Gasteiger partial charge on any atom is 0.148 e. The summed E-state index contributed by atoms with van der Waals surface area (Å²) in [6.45, 7) is 5.54. The Morgan fingerprint density at radius 1 is 1.21 bits per heavy atom. The van der Waals surface area contributed by atoms with E-state index in [1.54, 1.807) is 0 Å². The van der Waals surface area contributed by atoms with Gasteiger partial charge in [-0.3, -0.25) is 0 Å². The van der Waals surface area contributed by atoms with Crippen molar-refractivity contribution in [3.63, 3.8) is 0 Å². The summed E-state index contributed by atoms with van der Waals surface area (Å²) in [4.78, 5) is 2.18. The molecule has 0 aromatic rings. The molecule has 0 spiro atoms. The minimum absolute atomic E-state index is 0.261. The van der Waals surface area contributed by atoms with Gasteiger partial charge in [0.1, 0.15) is 9.84 Å². The summed E-state index contributed by atoms with van der Waals surface area (Å²) < 4.78 is 21.9. The first kappa shape index (κ1) is 13.9. The minimum Gasteiger partial charge on any atom is -0.318 e. The third kappa shape index (κ3) is 8.47. The van der Waals surface area contributed by atoms with Crippen molar-refractivity contribution in [1.82, 2.24) is 10.2 Å². The Morgan fingerprint density at radius 3 is 2.29 bits per heavy atom. The van der Waals surface area contributed by atoms with E-state index in [0.717, 1.165) is 26.1 Å². The van der Waals surface area contributed by atoms with Crippen LogP contribution in [0.25, 0.3) is 0 Å². The van der Waals surface area contributed by atoms with E-state index in [4.69, 9.17) is 0 Å². The number of nitrogens with zero attached hydrogens (tertiary/aromatic N) is 1. The van der Waals surface area contributed by atoms with Gasteiger partial charge in [-0.05, 0) is 20.0 Å². The Kier molecular flexibility index (Phi) is 7.13. The predicted molar refractivity (Wildman–Crippen MR) is 60.4 cm³/mol. The topological polar surface area (TPSA) is 49.4 Å². The Labute approximate surface area is 87.6 Å². The minimum atomic E-state index is -2.82. The summed E-state index contributed by atoms with van der Waals surface area (Å²) >= 11 is 0. The van der Waals surface area contributed by atoms with Crippen molar-refractivity contribution < 1.29 is 8.42 Å². The summed E-state index contributed by atoms with van der Waals surface area (Å²) in [5, 5.41) is 3.06. The fraction of sp³-hybridized carbons (Fsp3) is 1.00. The van der Waals surface area contributed by atoms with Gasteiger partial charge in [-0.25, -0.2) is 8.42 Å². The molecule has 0 saturated carbocycles. The maximum absolute atomic E-state index is 11.0. The molecule has 0 rings (SSSR count). The summed E-state index contributed by atoms with van der Waals surface area (Å²) in [5.74, 6) is 0.261. The highest BCUT2D eigenvalue weighted by Gasteiger charge is 2.07. The fourth-order valence-corrected chi connectivity index (χ4v) is 1.81. The zero-order chi connectivity index (χ0) is 11.0. The summed E-state index contributed by atoms with van der Waals surface area (Å²) in [6, 6.07) is 0. The Hall–Kier alpha value is -0.130.